The SMILES string of the molecule is On1c(=S)[se]c(=S)n(O)c1=S. The van der Waals surface area contributed by atoms with Crippen molar-refractivity contribution in [1.82, 2.24) is 9.46 Å². The number of aromatic nitrogens is 2. The van der Waals surface area contributed by atoms with Crippen molar-refractivity contribution in [3.05, 3.63) is 11.8 Å². The van der Waals surface area contributed by atoms with E-state index in [9.17, 15) is 0 Å². The average Bonchev–Trinajstić information content (AvgIpc) is 1.97. The molecule has 0 aromatic carbocycles. The number of rotatable bonds is 0. The zero-order chi connectivity index (χ0) is 8.59. The Morgan fingerprint density at radius 2 is 1.36 bits per heavy atom. The van der Waals surface area contributed by atoms with Gasteiger partial charge in [0.2, 0.25) is 0 Å². The van der Waals surface area contributed by atoms with Crippen molar-refractivity contribution in [2.24, 2.45) is 0 Å². The van der Waals surface area contributed by atoms with Crippen molar-refractivity contribution < 1.29 is 10.4 Å². The Morgan fingerprint density at radius 1 is 1.00 bits per heavy atom. The normalized spacial score (nSPS) is 9.82. The van der Waals surface area contributed by atoms with Gasteiger partial charge in [-0.15, -0.1) is 0 Å². The second-order valence-corrected chi connectivity index (χ2v) is 5.90. The molecule has 0 fully saturated rings. The predicted molar refractivity (Wildman–Crippen MR) is 46.2 cm³/mol. The summed E-state index contributed by atoms with van der Waals surface area (Å²) in [4.78, 5) is 0. The fraction of sp³-hybridized carbons (Fsp3) is 0. The monoisotopic (exact) mass is 274 g/mol. The summed E-state index contributed by atoms with van der Waals surface area (Å²) >= 11 is 13.7. The van der Waals surface area contributed by atoms with E-state index in [1.165, 1.54) is 0 Å². The van der Waals surface area contributed by atoms with E-state index in [4.69, 9.17) is 34.9 Å². The molecule has 0 amide bonds. The molecule has 8 heteroatoms. The van der Waals surface area contributed by atoms with E-state index in [0.717, 1.165) is 0 Å². The molecule has 0 unspecified atom stereocenters. The summed E-state index contributed by atoms with van der Waals surface area (Å²) in [6, 6.07) is 0. The average molecular weight is 273 g/mol. The van der Waals surface area contributed by atoms with Gasteiger partial charge in [-0.2, -0.15) is 0 Å². The van der Waals surface area contributed by atoms with Crippen LogP contribution in [0.4, 0.5) is 0 Å². The topological polar surface area (TPSA) is 50.3 Å². The Kier molecular flexibility index (Phi) is 2.61. The van der Waals surface area contributed by atoms with Crippen LogP contribution in [0.25, 0.3) is 0 Å². The van der Waals surface area contributed by atoms with Crippen molar-refractivity contribution in [2.45, 2.75) is 0 Å². The van der Waals surface area contributed by atoms with Crippen molar-refractivity contribution in [1.29, 1.82) is 0 Å². The molecule has 0 aliphatic carbocycles. The molecule has 0 aliphatic rings. The first-order valence-electron chi connectivity index (χ1n) is 2.32. The molecule has 2 N–H and O–H groups in total. The van der Waals surface area contributed by atoms with Gasteiger partial charge in [0.05, 0.1) is 0 Å². The van der Waals surface area contributed by atoms with Crippen LogP contribution >= 0.6 is 36.7 Å². The van der Waals surface area contributed by atoms with Crippen molar-refractivity contribution in [3.63, 3.8) is 0 Å². The molecule has 0 radical (unpaired) electrons. The van der Waals surface area contributed by atoms with E-state index in [0.29, 0.717) is 9.46 Å². The van der Waals surface area contributed by atoms with Gasteiger partial charge in [0.1, 0.15) is 0 Å². The number of hydrogen-bond acceptors (Lipinski definition) is 5. The first-order chi connectivity index (χ1) is 5.04. The zero-order valence-corrected chi connectivity index (χ0v) is 9.08. The van der Waals surface area contributed by atoms with Crippen molar-refractivity contribution >= 4 is 51.2 Å². The minimum atomic E-state index is -0.378. The van der Waals surface area contributed by atoms with Crippen molar-refractivity contribution in [2.75, 3.05) is 0 Å². The Bertz CT molecular complexity index is 406. The second-order valence-electron chi connectivity index (χ2n) is 1.54. The van der Waals surface area contributed by atoms with E-state index < -0.39 is 0 Å². The van der Waals surface area contributed by atoms with Crippen LogP contribution in [0.1, 0.15) is 0 Å². The summed E-state index contributed by atoms with van der Waals surface area (Å²) < 4.78 is 1.50. The van der Waals surface area contributed by atoms with Gasteiger partial charge in [-0.25, -0.2) is 0 Å². The summed E-state index contributed by atoms with van der Waals surface area (Å²) in [6.07, 6.45) is 0. The quantitative estimate of drug-likeness (QED) is 0.420. The standard InChI is InChI=1S/C3H2N2O2S3Se/c6-4-1(8)5(7)3(10)11-2(4)9/h6-7H. The molecule has 4 nitrogen and oxygen atoms in total. The molecule has 0 aliphatic heterocycles. The summed E-state index contributed by atoms with van der Waals surface area (Å²) in [6.45, 7) is 0. The van der Waals surface area contributed by atoms with Crippen LogP contribution in [0.15, 0.2) is 0 Å². The van der Waals surface area contributed by atoms with Crippen molar-refractivity contribution in [3.8, 4) is 0 Å². The first-order valence-corrected chi connectivity index (χ1v) is 5.25. The minimum absolute atomic E-state index is 0.187. The van der Waals surface area contributed by atoms with Gasteiger partial charge >= 0.3 is 82.8 Å². The molecule has 11 heavy (non-hydrogen) atoms. The van der Waals surface area contributed by atoms with Gasteiger partial charge in [-0.1, -0.05) is 0 Å². The van der Waals surface area contributed by atoms with Gasteiger partial charge in [-0.05, 0) is 0 Å². The molecule has 1 aromatic rings. The second kappa shape index (κ2) is 3.16. The third-order valence-corrected chi connectivity index (χ3v) is 3.90. The number of nitrogens with zero attached hydrogens (tertiary/aromatic N) is 2. The van der Waals surface area contributed by atoms with Crippen LogP contribution in [-0.2, 0) is 0 Å². The fourth-order valence-electron chi connectivity index (χ4n) is 0.407. The first kappa shape index (κ1) is 9.08. The molecule has 1 rings (SSSR count). The molecular formula is C3H2N2O2S3Se. The van der Waals surface area contributed by atoms with E-state index in [1.807, 2.05) is 0 Å². The van der Waals surface area contributed by atoms with Crippen LogP contribution in [0.2, 0.25) is 0 Å². The van der Waals surface area contributed by atoms with Crippen LogP contribution in [0.3, 0.4) is 0 Å². The van der Waals surface area contributed by atoms with Gasteiger partial charge in [-0.3, -0.25) is 0 Å². The van der Waals surface area contributed by atoms with Crippen LogP contribution < -0.4 is 0 Å². The van der Waals surface area contributed by atoms with E-state index in [2.05, 4.69) is 12.2 Å². The Labute approximate surface area is 82.6 Å². The molecular weight excluding hydrogens is 271 g/mol. The van der Waals surface area contributed by atoms with E-state index >= 15 is 0 Å². The predicted octanol–water partition coefficient (Wildman–Crippen LogP) is 1.01. The van der Waals surface area contributed by atoms with Gasteiger partial charge < -0.3 is 0 Å². The molecule has 0 saturated carbocycles. The molecule has 0 saturated heterocycles. The molecule has 1 heterocycles. The maximum atomic E-state index is 9.04. The van der Waals surface area contributed by atoms with Gasteiger partial charge in [0.15, 0.2) is 0 Å². The van der Waals surface area contributed by atoms with E-state index in [1.54, 1.807) is 0 Å². The molecule has 1 aromatic heterocycles. The fourth-order valence-corrected chi connectivity index (χ4v) is 3.27. The Hall–Kier alpha value is -0.0105. The maximum absolute atomic E-state index is 9.04. The van der Waals surface area contributed by atoms with Crippen LogP contribution in [0, 0.1) is 11.8 Å². The Morgan fingerprint density at radius 3 is 1.73 bits per heavy atom. The van der Waals surface area contributed by atoms with E-state index in [-0.39, 0.29) is 26.3 Å². The zero-order valence-electron chi connectivity index (χ0n) is 4.92. The number of hydrogen-bond donors (Lipinski definition) is 2. The summed E-state index contributed by atoms with van der Waals surface area (Å²) in [5, 5.41) is 18.1. The van der Waals surface area contributed by atoms with Crippen LogP contribution in [-0.4, -0.2) is 34.4 Å². The molecule has 0 atom stereocenters. The molecule has 60 valence electrons. The van der Waals surface area contributed by atoms with Gasteiger partial charge in [0.25, 0.3) is 0 Å². The van der Waals surface area contributed by atoms with Crippen LogP contribution in [0.5, 0.6) is 0 Å². The molecule has 0 spiro atoms. The molecule has 0 bridgehead atoms. The summed E-state index contributed by atoms with van der Waals surface area (Å²) in [5.74, 6) is 0. The third-order valence-electron chi connectivity index (χ3n) is 0.883. The summed E-state index contributed by atoms with van der Waals surface area (Å²) in [5.41, 5.74) is 0. The van der Waals surface area contributed by atoms with Gasteiger partial charge in [0, 0.05) is 0 Å². The summed E-state index contributed by atoms with van der Waals surface area (Å²) in [7, 11) is 0. The third kappa shape index (κ3) is 1.60. The Balaban J connectivity index is 3.89.